The number of carbonyl (C=O) groups excluding carboxylic acids is 2. The van der Waals surface area contributed by atoms with E-state index in [1.165, 1.54) is 96.3 Å². The molecule has 0 rings (SSSR count). The first-order valence-corrected chi connectivity index (χ1v) is 16.9. The Morgan fingerprint density at radius 1 is 0.658 bits per heavy atom. The summed E-state index contributed by atoms with van der Waals surface area (Å²) in [6.07, 6.45) is 25.4. The van der Waals surface area contributed by atoms with Gasteiger partial charge < -0.3 is 10.6 Å². The molecule has 1 atom stereocenters. The number of unbranched alkanes of at least 4 members (excludes halogenated alkanes) is 19. The number of carbonyl (C=O) groups is 2. The van der Waals surface area contributed by atoms with E-state index in [9.17, 15) is 18.0 Å². The molecule has 0 bridgehead atoms. The lowest BCUT2D eigenvalue weighted by atomic mass is 10.0. The second-order valence-corrected chi connectivity index (χ2v) is 11.7. The fraction of sp³-hybridized carbons (Fsp3) is 0.931. The van der Waals surface area contributed by atoms with Crippen LogP contribution in [-0.2, 0) is 24.2 Å². The number of amides is 2. The van der Waals surface area contributed by atoms with Crippen molar-refractivity contribution >= 4 is 22.2 Å². The third kappa shape index (κ3) is 26.4. The van der Waals surface area contributed by atoms with Crippen molar-refractivity contribution in [2.45, 2.75) is 161 Å². The molecule has 38 heavy (non-hydrogen) atoms. The number of hydrogen-bond acceptors (Lipinski definition) is 5. The van der Waals surface area contributed by atoms with Crippen LogP contribution in [0.4, 0.5) is 0 Å². The summed E-state index contributed by atoms with van der Waals surface area (Å²) in [6, 6.07) is -1.17. The molecule has 0 aromatic rings. The smallest absolute Gasteiger partial charge is 0.354 e. The van der Waals surface area contributed by atoms with Gasteiger partial charge >= 0.3 is 10.4 Å². The summed E-state index contributed by atoms with van der Waals surface area (Å²) in [4.78, 5) is 24.8. The van der Waals surface area contributed by atoms with Crippen molar-refractivity contribution in [3.63, 3.8) is 0 Å². The highest BCUT2D eigenvalue weighted by atomic mass is 32.3. The van der Waals surface area contributed by atoms with Crippen molar-refractivity contribution in [2.75, 3.05) is 13.2 Å². The minimum absolute atomic E-state index is 0.269. The van der Waals surface area contributed by atoms with Crippen molar-refractivity contribution in [1.82, 2.24) is 10.6 Å². The van der Waals surface area contributed by atoms with E-state index in [-0.39, 0.29) is 12.3 Å². The normalized spacial score (nSPS) is 12.4. The van der Waals surface area contributed by atoms with Gasteiger partial charge in [0.05, 0.1) is 6.61 Å². The number of hydrogen-bond donors (Lipinski definition) is 3. The summed E-state index contributed by atoms with van der Waals surface area (Å²) in [5.74, 6) is -0.828. The van der Waals surface area contributed by atoms with Crippen molar-refractivity contribution in [3.05, 3.63) is 0 Å². The van der Waals surface area contributed by atoms with E-state index in [4.69, 9.17) is 4.55 Å². The molecule has 0 aromatic carbocycles. The first-order chi connectivity index (χ1) is 18.3. The molecule has 0 aliphatic rings. The van der Waals surface area contributed by atoms with Gasteiger partial charge in [-0.2, -0.15) is 8.42 Å². The Morgan fingerprint density at radius 2 is 1.05 bits per heavy atom. The van der Waals surface area contributed by atoms with Gasteiger partial charge in [0.25, 0.3) is 0 Å². The van der Waals surface area contributed by atoms with Gasteiger partial charge in [0.15, 0.2) is 0 Å². The lowest BCUT2D eigenvalue weighted by Crippen LogP contribution is -2.49. The van der Waals surface area contributed by atoms with Gasteiger partial charge in [0.1, 0.15) is 6.04 Å². The molecule has 0 fully saturated rings. The van der Waals surface area contributed by atoms with E-state index in [1.807, 2.05) is 0 Å². The Bertz CT molecular complexity index is 672. The van der Waals surface area contributed by atoms with Gasteiger partial charge in [-0.25, -0.2) is 4.18 Å². The molecule has 9 heteroatoms. The van der Waals surface area contributed by atoms with Crippen molar-refractivity contribution < 1.29 is 26.7 Å². The lowest BCUT2D eigenvalue weighted by molar-refractivity contribution is -0.129. The van der Waals surface area contributed by atoms with E-state index in [0.29, 0.717) is 6.54 Å². The molecular weight excluding hydrogens is 504 g/mol. The Morgan fingerprint density at radius 3 is 1.47 bits per heavy atom. The third-order valence-electron chi connectivity index (χ3n) is 6.87. The molecule has 0 heterocycles. The van der Waals surface area contributed by atoms with Gasteiger partial charge in [0, 0.05) is 13.0 Å². The van der Waals surface area contributed by atoms with Gasteiger partial charge in [-0.3, -0.25) is 14.1 Å². The fourth-order valence-corrected chi connectivity index (χ4v) is 4.81. The average Bonchev–Trinajstić information content (AvgIpc) is 2.87. The topological polar surface area (TPSA) is 122 Å². The summed E-state index contributed by atoms with van der Waals surface area (Å²) >= 11 is 0. The maximum Gasteiger partial charge on any atom is 0.397 e. The minimum Gasteiger partial charge on any atom is -0.354 e. The van der Waals surface area contributed by atoms with Crippen molar-refractivity contribution in [2.24, 2.45) is 0 Å². The van der Waals surface area contributed by atoms with Crippen molar-refractivity contribution in [3.8, 4) is 0 Å². The summed E-state index contributed by atoms with van der Waals surface area (Å²) in [5, 5.41) is 5.28. The number of rotatable bonds is 28. The fourth-order valence-electron chi connectivity index (χ4n) is 4.50. The third-order valence-corrected chi connectivity index (χ3v) is 7.31. The zero-order chi connectivity index (χ0) is 28.3. The van der Waals surface area contributed by atoms with Gasteiger partial charge in [-0.1, -0.05) is 136 Å². The minimum atomic E-state index is -4.70. The first kappa shape index (κ1) is 36.8. The van der Waals surface area contributed by atoms with Crippen LogP contribution in [0.5, 0.6) is 0 Å². The monoisotopic (exact) mass is 562 g/mol. The van der Waals surface area contributed by atoms with Crippen LogP contribution in [0.3, 0.4) is 0 Å². The highest BCUT2D eigenvalue weighted by Gasteiger charge is 2.23. The molecule has 0 aliphatic heterocycles. The summed E-state index contributed by atoms with van der Waals surface area (Å²) in [6.45, 7) is 4.22. The summed E-state index contributed by atoms with van der Waals surface area (Å²) in [7, 11) is -4.70. The van der Waals surface area contributed by atoms with Crippen molar-refractivity contribution in [1.29, 1.82) is 0 Å². The maximum atomic E-state index is 12.5. The lowest BCUT2D eigenvalue weighted by Gasteiger charge is -2.18. The predicted molar refractivity (Wildman–Crippen MR) is 155 cm³/mol. The molecule has 0 saturated heterocycles. The molecular formula is C29H58N2O6S. The molecule has 8 nitrogen and oxygen atoms in total. The summed E-state index contributed by atoms with van der Waals surface area (Å²) in [5.41, 5.74) is 0. The van der Waals surface area contributed by atoms with E-state index >= 15 is 0 Å². The van der Waals surface area contributed by atoms with Crippen LogP contribution in [-0.4, -0.2) is 44.0 Å². The van der Waals surface area contributed by atoms with Crippen LogP contribution in [0.15, 0.2) is 0 Å². The molecule has 226 valence electrons. The second kappa shape index (κ2) is 26.1. The Hall–Kier alpha value is -1.19. The van der Waals surface area contributed by atoms with Crippen LogP contribution in [0.25, 0.3) is 0 Å². The molecule has 0 unspecified atom stereocenters. The molecule has 0 aliphatic carbocycles. The van der Waals surface area contributed by atoms with Gasteiger partial charge in [-0.05, 0) is 12.8 Å². The molecule has 3 N–H and O–H groups in total. The maximum absolute atomic E-state index is 12.5. The van der Waals surface area contributed by atoms with Crippen LogP contribution < -0.4 is 10.6 Å². The van der Waals surface area contributed by atoms with E-state index < -0.39 is 29.0 Å². The molecule has 0 aromatic heterocycles. The highest BCUT2D eigenvalue weighted by molar-refractivity contribution is 7.80. The van der Waals surface area contributed by atoms with E-state index in [1.54, 1.807) is 0 Å². The summed E-state index contributed by atoms with van der Waals surface area (Å²) < 4.78 is 35.1. The van der Waals surface area contributed by atoms with Gasteiger partial charge in [-0.15, -0.1) is 0 Å². The molecule has 2 amide bonds. The van der Waals surface area contributed by atoms with E-state index in [0.717, 1.165) is 38.5 Å². The second-order valence-electron chi connectivity index (χ2n) is 10.6. The van der Waals surface area contributed by atoms with Crippen LogP contribution >= 0.6 is 0 Å². The quantitative estimate of drug-likeness (QED) is 0.0695. The molecule has 0 spiro atoms. The Labute approximate surface area is 233 Å². The van der Waals surface area contributed by atoms with Crippen LogP contribution in [0, 0.1) is 0 Å². The Balaban J connectivity index is 3.96. The zero-order valence-electron chi connectivity index (χ0n) is 24.4. The Kier molecular flexibility index (Phi) is 25.2. The highest BCUT2D eigenvalue weighted by Crippen LogP contribution is 2.14. The SMILES string of the molecule is CCCCCCCCCCCCCCCCCC(=O)N[C@@H](COS(=O)(=O)O)C(=O)NCCCCCCCC. The largest absolute Gasteiger partial charge is 0.397 e. The van der Waals surface area contributed by atoms with Crippen LogP contribution in [0.1, 0.15) is 155 Å². The van der Waals surface area contributed by atoms with E-state index in [2.05, 4.69) is 28.7 Å². The van der Waals surface area contributed by atoms with Crippen LogP contribution in [0.2, 0.25) is 0 Å². The number of nitrogens with one attached hydrogen (secondary N) is 2. The first-order valence-electron chi connectivity index (χ1n) is 15.5. The zero-order valence-corrected chi connectivity index (χ0v) is 25.3. The molecule has 0 radical (unpaired) electrons. The van der Waals surface area contributed by atoms with Gasteiger partial charge in [0.2, 0.25) is 11.8 Å². The molecule has 0 saturated carbocycles. The average molecular weight is 563 g/mol. The standard InChI is InChI=1S/C29H58N2O6S/c1-3-5-7-9-11-12-13-14-15-16-17-18-19-20-22-24-28(32)31-27(26-37-38(34,35)36)29(33)30-25-23-21-10-8-6-4-2/h27H,3-26H2,1-2H3,(H,30,33)(H,31,32)(H,34,35,36)/t27-/m0/s1. The predicted octanol–water partition coefficient (Wildman–Crippen LogP) is 7.03.